The van der Waals surface area contributed by atoms with E-state index in [1.807, 2.05) is 24.3 Å². The zero-order chi connectivity index (χ0) is 19.7. The Morgan fingerprint density at radius 2 is 1.71 bits per heavy atom. The Labute approximate surface area is 163 Å². The van der Waals surface area contributed by atoms with Crippen LogP contribution in [-0.2, 0) is 16.6 Å². The number of hydrogen-bond acceptors (Lipinski definition) is 6. The van der Waals surface area contributed by atoms with E-state index in [0.717, 1.165) is 11.1 Å². The van der Waals surface area contributed by atoms with Gasteiger partial charge in [-0.25, -0.2) is 13.4 Å². The molecule has 0 aliphatic carbocycles. The molecule has 8 heteroatoms. The molecule has 0 spiro atoms. The molecule has 0 N–H and O–H groups in total. The maximum Gasteiger partial charge on any atom is 0.243 e. The van der Waals surface area contributed by atoms with Gasteiger partial charge in [0.05, 0.1) is 11.4 Å². The number of carbonyl (C=O) groups excluding carboxylic acids is 1. The molecular weight excluding hydrogens is 378 g/mol. The first-order valence-electron chi connectivity index (χ1n) is 9.11. The van der Waals surface area contributed by atoms with Crippen molar-refractivity contribution in [2.45, 2.75) is 18.4 Å². The molecule has 1 aliphatic heterocycles. The number of sulfonamides is 1. The SMILES string of the molecule is CC(=O)c1ccc(S(=O)(=O)N2CCN(Cc3nc4ccccc4o3)CC2)cc1. The van der Waals surface area contributed by atoms with Crippen LogP contribution in [0.4, 0.5) is 0 Å². The van der Waals surface area contributed by atoms with Crippen LogP contribution >= 0.6 is 0 Å². The first-order chi connectivity index (χ1) is 13.4. The summed E-state index contributed by atoms with van der Waals surface area (Å²) >= 11 is 0. The minimum atomic E-state index is -3.56. The predicted molar refractivity (Wildman–Crippen MR) is 104 cm³/mol. The monoisotopic (exact) mass is 399 g/mol. The summed E-state index contributed by atoms with van der Waals surface area (Å²) in [4.78, 5) is 18.2. The Hall–Kier alpha value is -2.55. The Kier molecular flexibility index (Phi) is 5.01. The van der Waals surface area contributed by atoms with E-state index in [1.54, 1.807) is 12.1 Å². The van der Waals surface area contributed by atoms with Crippen molar-refractivity contribution in [3.8, 4) is 0 Å². The van der Waals surface area contributed by atoms with E-state index in [-0.39, 0.29) is 10.7 Å². The fourth-order valence-electron chi connectivity index (χ4n) is 3.32. The number of rotatable bonds is 5. The number of oxazole rings is 1. The maximum atomic E-state index is 12.8. The van der Waals surface area contributed by atoms with Crippen LogP contribution in [0.2, 0.25) is 0 Å². The summed E-state index contributed by atoms with van der Waals surface area (Å²) in [5.41, 5.74) is 2.09. The molecule has 4 rings (SSSR count). The third-order valence-corrected chi connectivity index (χ3v) is 6.84. The second kappa shape index (κ2) is 7.46. The zero-order valence-corrected chi connectivity index (χ0v) is 16.4. The molecule has 28 heavy (non-hydrogen) atoms. The van der Waals surface area contributed by atoms with Gasteiger partial charge >= 0.3 is 0 Å². The summed E-state index contributed by atoms with van der Waals surface area (Å²) in [6, 6.07) is 13.7. The Bertz CT molecular complexity index is 1060. The number of ketones is 1. The van der Waals surface area contributed by atoms with Gasteiger partial charge in [0, 0.05) is 31.7 Å². The zero-order valence-electron chi connectivity index (χ0n) is 15.5. The standard InChI is InChI=1S/C20H21N3O4S/c1-15(24)16-6-8-17(9-7-16)28(25,26)23-12-10-22(11-13-23)14-20-21-18-4-2-3-5-19(18)27-20/h2-9H,10-14H2,1H3. The van der Waals surface area contributed by atoms with Crippen LogP contribution in [0.15, 0.2) is 57.8 Å². The van der Waals surface area contributed by atoms with Crippen molar-refractivity contribution in [3.05, 3.63) is 60.0 Å². The van der Waals surface area contributed by atoms with Gasteiger partial charge in [-0.3, -0.25) is 9.69 Å². The van der Waals surface area contributed by atoms with E-state index in [9.17, 15) is 13.2 Å². The van der Waals surface area contributed by atoms with Crippen LogP contribution in [-0.4, -0.2) is 54.6 Å². The highest BCUT2D eigenvalue weighted by molar-refractivity contribution is 7.89. The summed E-state index contributed by atoms with van der Waals surface area (Å²) in [6.45, 7) is 4.01. The summed E-state index contributed by atoms with van der Waals surface area (Å²) < 4.78 is 32.9. The summed E-state index contributed by atoms with van der Waals surface area (Å²) in [6.07, 6.45) is 0. The summed E-state index contributed by atoms with van der Waals surface area (Å²) in [7, 11) is -3.56. The normalized spacial score (nSPS) is 16.5. The maximum absolute atomic E-state index is 12.8. The number of carbonyl (C=O) groups is 1. The molecule has 2 aromatic carbocycles. The van der Waals surface area contributed by atoms with E-state index in [0.29, 0.717) is 44.2 Å². The van der Waals surface area contributed by atoms with Gasteiger partial charge in [0.2, 0.25) is 15.9 Å². The van der Waals surface area contributed by atoms with Crippen molar-refractivity contribution in [3.63, 3.8) is 0 Å². The van der Waals surface area contributed by atoms with Gasteiger partial charge in [-0.1, -0.05) is 24.3 Å². The average Bonchev–Trinajstić information content (AvgIpc) is 3.10. The molecule has 1 saturated heterocycles. The van der Waals surface area contributed by atoms with Gasteiger partial charge < -0.3 is 4.42 Å². The highest BCUT2D eigenvalue weighted by Crippen LogP contribution is 2.20. The summed E-state index contributed by atoms with van der Waals surface area (Å²) in [5.74, 6) is 0.550. The van der Waals surface area contributed by atoms with E-state index in [1.165, 1.54) is 23.4 Å². The number of nitrogens with zero attached hydrogens (tertiary/aromatic N) is 3. The smallest absolute Gasteiger partial charge is 0.243 e. The molecule has 0 amide bonds. The fraction of sp³-hybridized carbons (Fsp3) is 0.300. The van der Waals surface area contributed by atoms with Crippen molar-refractivity contribution >= 4 is 26.9 Å². The quantitative estimate of drug-likeness (QED) is 0.613. The van der Waals surface area contributed by atoms with Crippen LogP contribution in [0.25, 0.3) is 11.1 Å². The third-order valence-electron chi connectivity index (χ3n) is 4.93. The highest BCUT2D eigenvalue weighted by Gasteiger charge is 2.29. The van der Waals surface area contributed by atoms with Crippen molar-refractivity contribution in [1.82, 2.24) is 14.2 Å². The Balaban J connectivity index is 1.40. The highest BCUT2D eigenvalue weighted by atomic mass is 32.2. The van der Waals surface area contributed by atoms with Crippen LogP contribution in [0.5, 0.6) is 0 Å². The summed E-state index contributed by atoms with van der Waals surface area (Å²) in [5, 5.41) is 0. The molecule has 2 heterocycles. The van der Waals surface area contributed by atoms with Crippen LogP contribution < -0.4 is 0 Å². The second-order valence-corrected chi connectivity index (χ2v) is 8.77. The largest absolute Gasteiger partial charge is 0.439 e. The molecule has 146 valence electrons. The number of fused-ring (bicyclic) bond motifs is 1. The van der Waals surface area contributed by atoms with Gasteiger partial charge in [0.1, 0.15) is 5.52 Å². The molecular formula is C20H21N3O4S. The van der Waals surface area contributed by atoms with E-state index in [4.69, 9.17) is 4.42 Å². The molecule has 1 aromatic heterocycles. The van der Waals surface area contributed by atoms with Gasteiger partial charge in [-0.15, -0.1) is 0 Å². The van der Waals surface area contributed by atoms with Crippen LogP contribution in [0.3, 0.4) is 0 Å². The van der Waals surface area contributed by atoms with Gasteiger partial charge in [-0.05, 0) is 31.2 Å². The fourth-order valence-corrected chi connectivity index (χ4v) is 4.74. The van der Waals surface area contributed by atoms with Crippen molar-refractivity contribution in [2.24, 2.45) is 0 Å². The molecule has 0 radical (unpaired) electrons. The van der Waals surface area contributed by atoms with Gasteiger partial charge in [0.25, 0.3) is 0 Å². The Morgan fingerprint density at radius 3 is 2.36 bits per heavy atom. The first kappa shape index (κ1) is 18.8. The molecule has 0 bridgehead atoms. The molecule has 3 aromatic rings. The third kappa shape index (κ3) is 3.71. The van der Waals surface area contributed by atoms with Gasteiger partial charge in [0.15, 0.2) is 11.4 Å². The number of benzene rings is 2. The number of para-hydroxylation sites is 2. The molecule has 1 fully saturated rings. The molecule has 0 saturated carbocycles. The molecule has 0 unspecified atom stereocenters. The molecule has 7 nitrogen and oxygen atoms in total. The van der Waals surface area contributed by atoms with E-state index in [2.05, 4.69) is 9.88 Å². The first-order valence-corrected chi connectivity index (χ1v) is 10.6. The van der Waals surface area contributed by atoms with Crippen molar-refractivity contribution in [1.29, 1.82) is 0 Å². The minimum absolute atomic E-state index is 0.0863. The lowest BCUT2D eigenvalue weighted by atomic mass is 10.2. The van der Waals surface area contributed by atoms with Crippen molar-refractivity contribution < 1.29 is 17.6 Å². The Morgan fingerprint density at radius 1 is 1.04 bits per heavy atom. The molecule has 0 atom stereocenters. The lowest BCUT2D eigenvalue weighted by Crippen LogP contribution is -2.48. The number of piperazine rings is 1. The topological polar surface area (TPSA) is 83.7 Å². The predicted octanol–water partition coefficient (Wildman–Crippen LogP) is 2.54. The number of aromatic nitrogens is 1. The van der Waals surface area contributed by atoms with E-state index < -0.39 is 10.0 Å². The minimum Gasteiger partial charge on any atom is -0.439 e. The molecule has 1 aliphatic rings. The second-order valence-electron chi connectivity index (χ2n) is 6.84. The number of hydrogen-bond donors (Lipinski definition) is 0. The van der Waals surface area contributed by atoms with E-state index >= 15 is 0 Å². The van der Waals surface area contributed by atoms with Crippen molar-refractivity contribution in [2.75, 3.05) is 26.2 Å². The van der Waals surface area contributed by atoms with Gasteiger partial charge in [-0.2, -0.15) is 4.31 Å². The lowest BCUT2D eigenvalue weighted by molar-refractivity contribution is 0.101. The number of Topliss-reactive ketones (excluding diaryl/α,β-unsaturated/α-hetero) is 1. The lowest BCUT2D eigenvalue weighted by Gasteiger charge is -2.33. The van der Waals surface area contributed by atoms with Crippen LogP contribution in [0.1, 0.15) is 23.2 Å². The average molecular weight is 399 g/mol. The van der Waals surface area contributed by atoms with Crippen LogP contribution in [0, 0.1) is 0 Å².